The molecule has 1 amide bonds. The predicted molar refractivity (Wildman–Crippen MR) is 134 cm³/mol. The maximum atomic E-state index is 12.4. The number of aromatic nitrogens is 2. The van der Waals surface area contributed by atoms with Crippen molar-refractivity contribution < 1.29 is 4.79 Å². The van der Waals surface area contributed by atoms with Crippen LogP contribution in [0.5, 0.6) is 0 Å². The van der Waals surface area contributed by atoms with Gasteiger partial charge >= 0.3 is 0 Å². The van der Waals surface area contributed by atoms with Crippen LogP contribution in [0.1, 0.15) is 60.1 Å². The van der Waals surface area contributed by atoms with Crippen molar-refractivity contribution in [3.63, 3.8) is 0 Å². The molecule has 4 rings (SSSR count). The van der Waals surface area contributed by atoms with E-state index in [0.717, 1.165) is 66.0 Å². The van der Waals surface area contributed by atoms with Crippen molar-refractivity contribution in [2.24, 2.45) is 5.92 Å². The van der Waals surface area contributed by atoms with Crippen LogP contribution in [0.3, 0.4) is 0 Å². The average molecular weight is 533 g/mol. The Morgan fingerprint density at radius 3 is 2.65 bits per heavy atom. The SMILES string of the molecule is CN(C)c1nc(NC2CCC(CNC(=O)c3cccc(I)c3)CC2)nc2c1CCCC2. The van der Waals surface area contributed by atoms with Gasteiger partial charge in [0.15, 0.2) is 0 Å². The van der Waals surface area contributed by atoms with E-state index in [1.54, 1.807) is 0 Å². The lowest BCUT2D eigenvalue weighted by Gasteiger charge is -2.30. The van der Waals surface area contributed by atoms with E-state index in [1.165, 1.54) is 24.1 Å². The van der Waals surface area contributed by atoms with E-state index >= 15 is 0 Å². The summed E-state index contributed by atoms with van der Waals surface area (Å²) in [6.07, 6.45) is 8.97. The maximum absolute atomic E-state index is 12.4. The summed E-state index contributed by atoms with van der Waals surface area (Å²) < 4.78 is 1.08. The lowest BCUT2D eigenvalue weighted by Crippen LogP contribution is -2.34. The van der Waals surface area contributed by atoms with E-state index in [2.05, 4.69) is 52.2 Å². The number of halogens is 1. The van der Waals surface area contributed by atoms with Gasteiger partial charge in [-0.25, -0.2) is 4.98 Å². The summed E-state index contributed by atoms with van der Waals surface area (Å²) in [4.78, 5) is 24.2. The van der Waals surface area contributed by atoms with Crippen LogP contribution in [0.25, 0.3) is 0 Å². The zero-order valence-corrected chi connectivity index (χ0v) is 20.6. The minimum absolute atomic E-state index is 0.0254. The first-order valence-electron chi connectivity index (χ1n) is 11.4. The van der Waals surface area contributed by atoms with Crippen LogP contribution >= 0.6 is 22.6 Å². The summed E-state index contributed by atoms with van der Waals surface area (Å²) >= 11 is 2.24. The largest absolute Gasteiger partial charge is 0.362 e. The molecule has 0 radical (unpaired) electrons. The summed E-state index contributed by atoms with van der Waals surface area (Å²) in [5.74, 6) is 2.41. The molecule has 1 saturated carbocycles. The predicted octanol–water partition coefficient (Wildman–Crippen LogP) is 4.43. The summed E-state index contributed by atoms with van der Waals surface area (Å²) in [7, 11) is 4.13. The molecule has 6 nitrogen and oxygen atoms in total. The molecule has 7 heteroatoms. The van der Waals surface area contributed by atoms with Gasteiger partial charge in [0.25, 0.3) is 5.91 Å². The standard InChI is InChI=1S/C24H32IN5O/c1-30(2)22-20-8-3-4-9-21(20)28-24(29-22)27-19-12-10-16(11-13-19)15-26-23(31)17-6-5-7-18(25)14-17/h5-7,14,16,19H,3-4,8-13,15H2,1-2H3,(H,26,31)(H,27,28,29). The van der Waals surface area contributed by atoms with Crippen LogP contribution < -0.4 is 15.5 Å². The van der Waals surface area contributed by atoms with Crippen molar-refractivity contribution in [1.82, 2.24) is 15.3 Å². The molecule has 2 aliphatic carbocycles. The first-order valence-corrected chi connectivity index (χ1v) is 12.4. The fourth-order valence-corrected chi connectivity index (χ4v) is 5.21. The van der Waals surface area contributed by atoms with Gasteiger partial charge in [-0.2, -0.15) is 4.98 Å². The van der Waals surface area contributed by atoms with Crippen molar-refractivity contribution in [2.75, 3.05) is 30.9 Å². The highest BCUT2D eigenvalue weighted by atomic mass is 127. The highest BCUT2D eigenvalue weighted by molar-refractivity contribution is 14.1. The zero-order valence-electron chi connectivity index (χ0n) is 18.5. The molecule has 1 heterocycles. The van der Waals surface area contributed by atoms with Gasteiger partial charge in [-0.3, -0.25) is 4.79 Å². The minimum Gasteiger partial charge on any atom is -0.362 e. The van der Waals surface area contributed by atoms with E-state index in [9.17, 15) is 4.79 Å². The molecule has 0 aliphatic heterocycles. The number of benzene rings is 1. The Hall–Kier alpha value is -1.90. The third-order valence-corrected chi connectivity index (χ3v) is 7.07. The molecule has 0 bridgehead atoms. The normalized spacial score (nSPS) is 20.6. The fourth-order valence-electron chi connectivity index (χ4n) is 4.67. The topological polar surface area (TPSA) is 70.2 Å². The van der Waals surface area contributed by atoms with Gasteiger partial charge < -0.3 is 15.5 Å². The smallest absolute Gasteiger partial charge is 0.251 e. The average Bonchev–Trinajstić information content (AvgIpc) is 2.77. The number of nitrogens with one attached hydrogen (secondary N) is 2. The highest BCUT2D eigenvalue weighted by Gasteiger charge is 2.24. The fraction of sp³-hybridized carbons (Fsp3) is 0.542. The molecule has 2 aliphatic rings. The lowest BCUT2D eigenvalue weighted by atomic mass is 9.86. The summed E-state index contributed by atoms with van der Waals surface area (Å²) in [5.41, 5.74) is 3.29. The van der Waals surface area contributed by atoms with Crippen molar-refractivity contribution >= 4 is 40.3 Å². The van der Waals surface area contributed by atoms with Gasteiger partial charge in [0.05, 0.1) is 5.69 Å². The van der Waals surface area contributed by atoms with Crippen LogP contribution in [0.15, 0.2) is 24.3 Å². The van der Waals surface area contributed by atoms with Gasteiger partial charge in [-0.1, -0.05) is 6.07 Å². The third-order valence-electron chi connectivity index (χ3n) is 6.40. The van der Waals surface area contributed by atoms with E-state index < -0.39 is 0 Å². The van der Waals surface area contributed by atoms with Crippen molar-refractivity contribution in [1.29, 1.82) is 0 Å². The highest BCUT2D eigenvalue weighted by Crippen LogP contribution is 2.30. The number of nitrogens with zero attached hydrogens (tertiary/aromatic N) is 3. The molecule has 1 aromatic carbocycles. The molecule has 1 aromatic heterocycles. The monoisotopic (exact) mass is 533 g/mol. The number of rotatable bonds is 6. The van der Waals surface area contributed by atoms with Crippen LogP contribution in [0.4, 0.5) is 11.8 Å². The van der Waals surface area contributed by atoms with Gasteiger partial charge in [0.1, 0.15) is 5.82 Å². The second-order valence-electron chi connectivity index (χ2n) is 8.98. The van der Waals surface area contributed by atoms with Gasteiger partial charge in [0.2, 0.25) is 5.95 Å². The van der Waals surface area contributed by atoms with Crippen molar-refractivity contribution in [2.45, 2.75) is 57.4 Å². The lowest BCUT2D eigenvalue weighted by molar-refractivity contribution is 0.0943. The second kappa shape index (κ2) is 10.1. The molecule has 2 aromatic rings. The van der Waals surface area contributed by atoms with Crippen LogP contribution in [-0.2, 0) is 12.8 Å². The number of anilines is 2. The number of hydrogen-bond donors (Lipinski definition) is 2. The molecular formula is C24H32IN5O. The number of hydrogen-bond acceptors (Lipinski definition) is 5. The molecule has 31 heavy (non-hydrogen) atoms. The second-order valence-corrected chi connectivity index (χ2v) is 10.2. The maximum Gasteiger partial charge on any atom is 0.251 e. The van der Waals surface area contributed by atoms with Crippen LogP contribution in [0, 0.1) is 9.49 Å². The van der Waals surface area contributed by atoms with Crippen LogP contribution in [-0.4, -0.2) is 42.6 Å². The Labute approximate surface area is 198 Å². The Morgan fingerprint density at radius 2 is 1.90 bits per heavy atom. The molecule has 166 valence electrons. The first kappa shape index (κ1) is 22.3. The zero-order chi connectivity index (χ0) is 21.8. The van der Waals surface area contributed by atoms with E-state index in [-0.39, 0.29) is 5.91 Å². The Balaban J connectivity index is 1.29. The van der Waals surface area contributed by atoms with Crippen molar-refractivity contribution in [3.05, 3.63) is 44.7 Å². The quantitative estimate of drug-likeness (QED) is 0.538. The third kappa shape index (κ3) is 5.67. The van der Waals surface area contributed by atoms with E-state index in [4.69, 9.17) is 9.97 Å². The van der Waals surface area contributed by atoms with Crippen molar-refractivity contribution in [3.8, 4) is 0 Å². The molecule has 0 unspecified atom stereocenters. The van der Waals surface area contributed by atoms with E-state index in [1.807, 2.05) is 24.3 Å². The number of fused-ring (bicyclic) bond motifs is 1. The Bertz CT molecular complexity index is 924. The summed E-state index contributed by atoms with van der Waals surface area (Å²) in [6.45, 7) is 0.747. The number of aryl methyl sites for hydroxylation is 1. The number of carbonyl (C=O) groups excluding carboxylic acids is 1. The summed E-state index contributed by atoms with van der Waals surface area (Å²) in [5, 5.41) is 6.73. The van der Waals surface area contributed by atoms with Crippen LogP contribution in [0.2, 0.25) is 0 Å². The first-order chi connectivity index (χ1) is 15.0. The van der Waals surface area contributed by atoms with E-state index in [0.29, 0.717) is 12.0 Å². The molecule has 2 N–H and O–H groups in total. The number of amides is 1. The summed E-state index contributed by atoms with van der Waals surface area (Å²) in [6, 6.07) is 8.13. The van der Waals surface area contributed by atoms with Gasteiger partial charge in [-0.15, -0.1) is 0 Å². The Morgan fingerprint density at radius 1 is 1.13 bits per heavy atom. The molecule has 0 spiro atoms. The molecule has 0 atom stereocenters. The Kier molecular flexibility index (Phi) is 7.30. The van der Waals surface area contributed by atoms with Gasteiger partial charge in [0, 0.05) is 41.4 Å². The van der Waals surface area contributed by atoms with Gasteiger partial charge in [-0.05, 0) is 98.1 Å². The minimum atomic E-state index is 0.0254. The number of carbonyl (C=O) groups is 1. The molecule has 0 saturated heterocycles. The molecular weight excluding hydrogens is 501 g/mol. The molecule has 1 fully saturated rings.